The third-order valence-electron chi connectivity index (χ3n) is 5.39. The maximum absolute atomic E-state index is 12.6. The van der Waals surface area contributed by atoms with Crippen LogP contribution in [0.15, 0.2) is 69.0 Å². The minimum absolute atomic E-state index is 0.0941. The molecule has 0 aliphatic carbocycles. The normalized spacial score (nSPS) is 15.5. The zero-order chi connectivity index (χ0) is 24.2. The Hall–Kier alpha value is -4.27. The summed E-state index contributed by atoms with van der Waals surface area (Å²) in [7, 11) is 1.56. The van der Waals surface area contributed by atoms with Crippen LogP contribution in [0.3, 0.4) is 0 Å². The molecule has 0 radical (unpaired) electrons. The van der Waals surface area contributed by atoms with E-state index in [2.05, 4.69) is 10.6 Å². The third-order valence-corrected chi connectivity index (χ3v) is 5.39. The highest BCUT2D eigenvalue weighted by molar-refractivity contribution is 5.95. The summed E-state index contributed by atoms with van der Waals surface area (Å²) in [5.41, 5.74) is 1.97. The van der Waals surface area contributed by atoms with Gasteiger partial charge >= 0.3 is 17.6 Å². The number of ether oxygens (including phenoxy) is 3. The lowest BCUT2D eigenvalue weighted by atomic mass is 9.95. The number of esters is 1. The van der Waals surface area contributed by atoms with Crippen molar-refractivity contribution in [1.82, 2.24) is 10.6 Å². The first-order valence-corrected chi connectivity index (χ1v) is 10.7. The predicted octanol–water partition coefficient (Wildman–Crippen LogP) is 3.57. The van der Waals surface area contributed by atoms with Gasteiger partial charge in [0.05, 0.1) is 25.3 Å². The van der Waals surface area contributed by atoms with Crippen molar-refractivity contribution in [3.63, 3.8) is 0 Å². The second kappa shape index (κ2) is 9.70. The van der Waals surface area contributed by atoms with E-state index in [-0.39, 0.29) is 13.2 Å². The van der Waals surface area contributed by atoms with E-state index in [0.29, 0.717) is 44.9 Å². The molecule has 176 valence electrons. The molecule has 1 aliphatic heterocycles. The number of benzene rings is 2. The summed E-state index contributed by atoms with van der Waals surface area (Å²) >= 11 is 0. The first-order valence-electron chi connectivity index (χ1n) is 10.7. The summed E-state index contributed by atoms with van der Waals surface area (Å²) in [6.07, 6.45) is 0. The van der Waals surface area contributed by atoms with Gasteiger partial charge in [0.15, 0.2) is 0 Å². The van der Waals surface area contributed by atoms with Crippen molar-refractivity contribution >= 4 is 23.0 Å². The molecule has 2 heterocycles. The van der Waals surface area contributed by atoms with Crippen molar-refractivity contribution in [3.8, 4) is 11.5 Å². The minimum Gasteiger partial charge on any atom is -0.497 e. The highest BCUT2D eigenvalue weighted by atomic mass is 16.5. The molecule has 0 saturated carbocycles. The number of hydrogen-bond acceptors (Lipinski definition) is 7. The molecule has 4 rings (SSSR count). The monoisotopic (exact) mass is 464 g/mol. The Morgan fingerprint density at radius 3 is 2.68 bits per heavy atom. The van der Waals surface area contributed by atoms with E-state index >= 15 is 0 Å². The van der Waals surface area contributed by atoms with Crippen LogP contribution in [0.1, 0.15) is 31.0 Å². The molecular weight excluding hydrogens is 440 g/mol. The summed E-state index contributed by atoms with van der Waals surface area (Å²) < 4.78 is 21.7. The van der Waals surface area contributed by atoms with Gasteiger partial charge in [-0.2, -0.15) is 0 Å². The van der Waals surface area contributed by atoms with Gasteiger partial charge in [-0.25, -0.2) is 14.4 Å². The maximum Gasteiger partial charge on any atom is 0.338 e. The van der Waals surface area contributed by atoms with Crippen LogP contribution in [0.2, 0.25) is 0 Å². The van der Waals surface area contributed by atoms with Gasteiger partial charge in [-0.15, -0.1) is 0 Å². The SMILES string of the molecule is CCOC(=O)C1=C(C)NC(=O)NC1c1cccc(OCc2cc(=O)oc3ccc(OC)cc23)c1. The van der Waals surface area contributed by atoms with E-state index in [1.165, 1.54) is 6.07 Å². The molecule has 9 nitrogen and oxygen atoms in total. The summed E-state index contributed by atoms with van der Waals surface area (Å²) in [6, 6.07) is 12.4. The lowest BCUT2D eigenvalue weighted by Gasteiger charge is -2.28. The molecule has 2 amide bonds. The number of carbonyl (C=O) groups is 2. The van der Waals surface area contributed by atoms with Crippen LogP contribution in [0, 0.1) is 0 Å². The number of rotatable bonds is 7. The summed E-state index contributed by atoms with van der Waals surface area (Å²) in [5.74, 6) is 0.607. The molecule has 1 aromatic heterocycles. The zero-order valence-electron chi connectivity index (χ0n) is 19.0. The van der Waals surface area contributed by atoms with Gasteiger partial charge in [0.1, 0.15) is 23.7 Å². The smallest absolute Gasteiger partial charge is 0.338 e. The Morgan fingerprint density at radius 2 is 1.91 bits per heavy atom. The molecule has 0 saturated heterocycles. The minimum atomic E-state index is -0.704. The number of amides is 2. The fourth-order valence-electron chi connectivity index (χ4n) is 3.82. The number of allylic oxidation sites excluding steroid dienone is 1. The summed E-state index contributed by atoms with van der Waals surface area (Å²) in [4.78, 5) is 36.6. The molecular formula is C25H24N2O7. The molecule has 2 N–H and O–H groups in total. The quantitative estimate of drug-likeness (QED) is 0.406. The lowest BCUT2D eigenvalue weighted by Crippen LogP contribution is -2.45. The van der Waals surface area contributed by atoms with Crippen LogP contribution in [0.5, 0.6) is 11.5 Å². The first kappa shape index (κ1) is 22.9. The topological polar surface area (TPSA) is 116 Å². The summed E-state index contributed by atoms with van der Waals surface area (Å²) in [6.45, 7) is 3.67. The highest BCUT2D eigenvalue weighted by Crippen LogP contribution is 2.30. The number of methoxy groups -OCH3 is 1. The van der Waals surface area contributed by atoms with Crippen LogP contribution in [-0.2, 0) is 16.1 Å². The zero-order valence-corrected chi connectivity index (χ0v) is 19.0. The van der Waals surface area contributed by atoms with Crippen LogP contribution in [0.4, 0.5) is 4.79 Å². The van der Waals surface area contributed by atoms with Crippen LogP contribution < -0.4 is 25.7 Å². The Morgan fingerprint density at radius 1 is 1.09 bits per heavy atom. The number of hydrogen-bond donors (Lipinski definition) is 2. The Balaban J connectivity index is 1.63. The number of carbonyl (C=O) groups excluding carboxylic acids is 2. The average molecular weight is 464 g/mol. The van der Waals surface area contributed by atoms with Crippen molar-refractivity contribution in [2.45, 2.75) is 26.5 Å². The average Bonchev–Trinajstić information content (AvgIpc) is 2.82. The van der Waals surface area contributed by atoms with E-state index in [9.17, 15) is 14.4 Å². The van der Waals surface area contributed by atoms with Gasteiger partial charge in [-0.05, 0) is 49.7 Å². The highest BCUT2D eigenvalue weighted by Gasteiger charge is 2.32. The van der Waals surface area contributed by atoms with E-state index in [0.717, 1.165) is 0 Å². The van der Waals surface area contributed by atoms with E-state index in [1.54, 1.807) is 63.4 Å². The number of urea groups is 1. The molecule has 0 bridgehead atoms. The Bertz CT molecular complexity index is 1340. The van der Waals surface area contributed by atoms with Gasteiger partial charge < -0.3 is 29.3 Å². The number of fused-ring (bicyclic) bond motifs is 1. The van der Waals surface area contributed by atoms with Crippen molar-refractivity contribution in [3.05, 3.63) is 81.3 Å². The standard InChI is InChI=1S/C25H24N2O7/c1-4-32-24(29)22-14(2)26-25(30)27-23(22)15-6-5-7-18(10-15)33-13-16-11-21(28)34-20-9-8-17(31-3)12-19(16)20/h5-12,23H,4,13H2,1-3H3,(H2,26,27,30). The van der Waals surface area contributed by atoms with Gasteiger partial charge in [-0.1, -0.05) is 12.1 Å². The van der Waals surface area contributed by atoms with E-state index in [4.69, 9.17) is 18.6 Å². The molecule has 34 heavy (non-hydrogen) atoms. The van der Waals surface area contributed by atoms with E-state index in [1.807, 2.05) is 0 Å². The molecule has 1 atom stereocenters. The molecule has 1 unspecified atom stereocenters. The second-order valence-electron chi connectivity index (χ2n) is 7.60. The van der Waals surface area contributed by atoms with Gasteiger partial charge in [0.2, 0.25) is 0 Å². The third kappa shape index (κ3) is 4.73. The van der Waals surface area contributed by atoms with E-state index < -0.39 is 23.7 Å². The van der Waals surface area contributed by atoms with Crippen molar-refractivity contribution in [2.75, 3.05) is 13.7 Å². The van der Waals surface area contributed by atoms with Crippen LogP contribution >= 0.6 is 0 Å². The molecule has 2 aromatic carbocycles. The maximum atomic E-state index is 12.6. The number of nitrogens with one attached hydrogen (secondary N) is 2. The Labute approximate surface area is 195 Å². The fourth-order valence-corrected chi connectivity index (χ4v) is 3.82. The van der Waals surface area contributed by atoms with Gasteiger partial charge in [0, 0.05) is 22.7 Å². The lowest BCUT2D eigenvalue weighted by molar-refractivity contribution is -0.139. The molecule has 0 fully saturated rings. The Kier molecular flexibility index (Phi) is 6.53. The molecule has 3 aromatic rings. The molecule has 0 spiro atoms. The van der Waals surface area contributed by atoms with Gasteiger partial charge in [-0.3, -0.25) is 0 Å². The van der Waals surface area contributed by atoms with Crippen LogP contribution in [0.25, 0.3) is 11.0 Å². The molecule has 9 heteroatoms. The first-order chi connectivity index (χ1) is 16.4. The fraction of sp³-hybridized carbons (Fsp3) is 0.240. The van der Waals surface area contributed by atoms with Crippen LogP contribution in [-0.4, -0.2) is 25.7 Å². The van der Waals surface area contributed by atoms with Crippen molar-refractivity contribution < 1.29 is 28.2 Å². The molecule has 1 aliphatic rings. The summed E-state index contributed by atoms with van der Waals surface area (Å²) in [5, 5.41) is 6.07. The van der Waals surface area contributed by atoms with Crippen molar-refractivity contribution in [1.29, 1.82) is 0 Å². The largest absolute Gasteiger partial charge is 0.497 e. The van der Waals surface area contributed by atoms with Crippen molar-refractivity contribution in [2.24, 2.45) is 0 Å². The predicted molar refractivity (Wildman–Crippen MR) is 124 cm³/mol. The van der Waals surface area contributed by atoms with Gasteiger partial charge in [0.25, 0.3) is 0 Å². The second-order valence-corrected chi connectivity index (χ2v) is 7.60.